The Hall–Kier alpha value is -0.860. The molecule has 3 rings (SSSR count). The topological polar surface area (TPSA) is 41.6 Å². The number of carbonyl (C=O) groups is 1. The highest BCUT2D eigenvalue weighted by Crippen LogP contribution is 2.25. The van der Waals surface area contributed by atoms with Crippen LogP contribution in [0, 0.1) is 0 Å². The number of thiophene rings is 1. The fourth-order valence-corrected chi connectivity index (χ4v) is 4.57. The first-order chi connectivity index (χ1) is 12.2. The number of rotatable bonds is 7. The van der Waals surface area contributed by atoms with E-state index in [4.69, 9.17) is 4.74 Å². The predicted molar refractivity (Wildman–Crippen MR) is 107 cm³/mol. The molecule has 0 unspecified atom stereocenters. The van der Waals surface area contributed by atoms with E-state index in [1.165, 1.54) is 4.88 Å². The lowest BCUT2D eigenvalue weighted by Crippen LogP contribution is -2.43. The summed E-state index contributed by atoms with van der Waals surface area (Å²) >= 11 is 6.72. The predicted octanol–water partition coefficient (Wildman–Crippen LogP) is 3.79. The van der Waals surface area contributed by atoms with Gasteiger partial charge in [0, 0.05) is 33.9 Å². The van der Waals surface area contributed by atoms with Crippen LogP contribution in [-0.4, -0.2) is 49.4 Å². The van der Waals surface area contributed by atoms with Gasteiger partial charge >= 0.3 is 0 Å². The molecule has 1 N–H and O–H groups in total. The fraction of sp³-hybridized carbons (Fsp3) is 0.389. The van der Waals surface area contributed by atoms with E-state index in [9.17, 15) is 4.79 Å². The summed E-state index contributed by atoms with van der Waals surface area (Å²) in [7, 11) is 0. The van der Waals surface area contributed by atoms with Crippen molar-refractivity contribution in [2.24, 2.45) is 0 Å². The first kappa shape index (κ1) is 18.9. The normalized spacial score (nSPS) is 16.5. The van der Waals surface area contributed by atoms with Crippen molar-refractivity contribution in [2.75, 3.05) is 38.6 Å². The first-order valence-electron chi connectivity index (χ1n) is 8.22. The quantitative estimate of drug-likeness (QED) is 0.664. The van der Waals surface area contributed by atoms with Crippen LogP contribution >= 0.6 is 39.0 Å². The van der Waals surface area contributed by atoms with Gasteiger partial charge in [-0.1, -0.05) is 22.0 Å². The molecule has 1 amide bonds. The van der Waals surface area contributed by atoms with E-state index in [0.29, 0.717) is 12.3 Å². The number of hydrogen-bond acceptors (Lipinski definition) is 5. The van der Waals surface area contributed by atoms with Crippen molar-refractivity contribution in [3.63, 3.8) is 0 Å². The number of nitrogens with zero attached hydrogens (tertiary/aromatic N) is 1. The molecule has 1 aromatic heterocycles. The third kappa shape index (κ3) is 5.82. The maximum Gasteiger partial charge on any atom is 0.230 e. The number of thioether (sulfide) groups is 1. The number of ether oxygens (including phenoxy) is 1. The Bertz CT molecular complexity index is 658. The summed E-state index contributed by atoms with van der Waals surface area (Å²) in [5, 5.41) is 5.20. The van der Waals surface area contributed by atoms with Gasteiger partial charge in [-0.3, -0.25) is 9.69 Å². The lowest BCUT2D eigenvalue weighted by molar-refractivity contribution is -0.118. The Morgan fingerprint density at radius 3 is 2.72 bits per heavy atom. The monoisotopic (exact) mass is 440 g/mol. The van der Waals surface area contributed by atoms with Crippen LogP contribution in [0.1, 0.15) is 10.9 Å². The smallest absolute Gasteiger partial charge is 0.230 e. The zero-order valence-electron chi connectivity index (χ0n) is 13.8. The highest BCUT2D eigenvalue weighted by molar-refractivity contribution is 9.10. The van der Waals surface area contributed by atoms with E-state index in [2.05, 4.69) is 43.7 Å². The SMILES string of the molecule is O=C(CSc1ccc(Br)cc1)NC[C@@H](c1cccs1)N1CCOCC1. The highest BCUT2D eigenvalue weighted by atomic mass is 79.9. The lowest BCUT2D eigenvalue weighted by atomic mass is 10.2. The molecule has 1 aliphatic heterocycles. The summed E-state index contributed by atoms with van der Waals surface area (Å²) < 4.78 is 6.50. The summed E-state index contributed by atoms with van der Waals surface area (Å²) in [6.45, 7) is 3.98. The average molecular weight is 441 g/mol. The Kier molecular flexibility index (Phi) is 7.36. The molecule has 1 saturated heterocycles. The van der Waals surface area contributed by atoms with Crippen molar-refractivity contribution in [1.29, 1.82) is 0 Å². The van der Waals surface area contributed by atoms with Crippen molar-refractivity contribution < 1.29 is 9.53 Å². The highest BCUT2D eigenvalue weighted by Gasteiger charge is 2.23. The summed E-state index contributed by atoms with van der Waals surface area (Å²) in [6.07, 6.45) is 0. The van der Waals surface area contributed by atoms with Crippen molar-refractivity contribution in [3.8, 4) is 0 Å². The molecule has 0 bridgehead atoms. The molecule has 4 nitrogen and oxygen atoms in total. The number of carbonyl (C=O) groups excluding carboxylic acids is 1. The van der Waals surface area contributed by atoms with E-state index in [1.807, 2.05) is 24.3 Å². The van der Waals surface area contributed by atoms with Gasteiger partial charge in [-0.25, -0.2) is 0 Å². The van der Waals surface area contributed by atoms with Gasteiger partial charge in [0.1, 0.15) is 0 Å². The molecule has 0 aliphatic carbocycles. The molecule has 1 aromatic carbocycles. The van der Waals surface area contributed by atoms with Gasteiger partial charge in [0.05, 0.1) is 25.0 Å². The van der Waals surface area contributed by atoms with E-state index in [1.54, 1.807) is 23.1 Å². The van der Waals surface area contributed by atoms with Crippen LogP contribution < -0.4 is 5.32 Å². The van der Waals surface area contributed by atoms with Gasteiger partial charge in [0.2, 0.25) is 5.91 Å². The minimum atomic E-state index is 0.0720. The van der Waals surface area contributed by atoms with Crippen LogP contribution in [0.5, 0.6) is 0 Å². The van der Waals surface area contributed by atoms with Gasteiger partial charge in [0.25, 0.3) is 0 Å². The van der Waals surface area contributed by atoms with Crippen LogP contribution in [0.25, 0.3) is 0 Å². The third-order valence-corrected chi connectivity index (χ3v) is 6.55. The van der Waals surface area contributed by atoms with Crippen molar-refractivity contribution in [1.82, 2.24) is 10.2 Å². The van der Waals surface area contributed by atoms with Crippen molar-refractivity contribution >= 4 is 44.9 Å². The van der Waals surface area contributed by atoms with Crippen LogP contribution in [0.2, 0.25) is 0 Å². The molecule has 0 radical (unpaired) electrons. The van der Waals surface area contributed by atoms with Crippen LogP contribution in [0.4, 0.5) is 0 Å². The summed E-state index contributed by atoms with van der Waals surface area (Å²) in [5.74, 6) is 0.504. The molecule has 7 heteroatoms. The molecule has 134 valence electrons. The summed E-state index contributed by atoms with van der Waals surface area (Å²) in [6, 6.07) is 12.5. The van der Waals surface area contributed by atoms with Crippen LogP contribution in [0.3, 0.4) is 0 Å². The standard InChI is InChI=1S/C18H21BrN2O2S2/c19-14-3-5-15(6-4-14)25-13-18(22)20-12-16(17-2-1-11-24-17)21-7-9-23-10-8-21/h1-6,11,16H,7-10,12-13H2,(H,20,22)/t16-/m0/s1. The maximum atomic E-state index is 12.3. The van der Waals surface area contributed by atoms with Crippen LogP contribution in [-0.2, 0) is 9.53 Å². The van der Waals surface area contributed by atoms with Gasteiger partial charge in [-0.2, -0.15) is 0 Å². The number of halogens is 1. The number of benzene rings is 1. The number of nitrogens with one attached hydrogen (secondary N) is 1. The molecular formula is C18H21BrN2O2S2. The lowest BCUT2D eigenvalue weighted by Gasteiger charge is -2.34. The Morgan fingerprint density at radius 2 is 2.04 bits per heavy atom. The van der Waals surface area contributed by atoms with Gasteiger partial charge in [-0.15, -0.1) is 23.1 Å². The van der Waals surface area contributed by atoms with E-state index in [-0.39, 0.29) is 11.9 Å². The molecule has 25 heavy (non-hydrogen) atoms. The van der Waals surface area contributed by atoms with Crippen molar-refractivity contribution in [3.05, 3.63) is 51.1 Å². The Morgan fingerprint density at radius 1 is 1.28 bits per heavy atom. The van der Waals surface area contributed by atoms with Gasteiger partial charge < -0.3 is 10.1 Å². The van der Waals surface area contributed by atoms with E-state index < -0.39 is 0 Å². The summed E-state index contributed by atoms with van der Waals surface area (Å²) in [5.41, 5.74) is 0. The summed E-state index contributed by atoms with van der Waals surface area (Å²) in [4.78, 5) is 17.1. The van der Waals surface area contributed by atoms with E-state index in [0.717, 1.165) is 35.7 Å². The Labute approximate surface area is 165 Å². The molecule has 2 aromatic rings. The first-order valence-corrected chi connectivity index (χ1v) is 10.9. The molecular weight excluding hydrogens is 420 g/mol. The number of amides is 1. The zero-order chi connectivity index (χ0) is 17.5. The van der Waals surface area contributed by atoms with Crippen molar-refractivity contribution in [2.45, 2.75) is 10.9 Å². The Balaban J connectivity index is 1.51. The zero-order valence-corrected chi connectivity index (χ0v) is 17.0. The van der Waals surface area contributed by atoms with Gasteiger partial charge in [-0.05, 0) is 35.7 Å². The number of morpholine rings is 1. The molecule has 0 spiro atoms. The molecule has 1 aliphatic rings. The maximum absolute atomic E-state index is 12.3. The van der Waals surface area contributed by atoms with Gasteiger partial charge in [0.15, 0.2) is 0 Å². The third-order valence-electron chi connectivity index (χ3n) is 4.03. The average Bonchev–Trinajstić information content (AvgIpc) is 3.17. The minimum absolute atomic E-state index is 0.0720. The second-order valence-corrected chi connectivity index (χ2v) is 8.67. The largest absolute Gasteiger partial charge is 0.379 e. The fourth-order valence-electron chi connectivity index (χ4n) is 2.72. The molecule has 1 atom stereocenters. The van der Waals surface area contributed by atoms with E-state index >= 15 is 0 Å². The number of hydrogen-bond donors (Lipinski definition) is 1. The molecule has 2 heterocycles. The second kappa shape index (κ2) is 9.73. The van der Waals surface area contributed by atoms with Crippen LogP contribution in [0.15, 0.2) is 51.1 Å². The second-order valence-electron chi connectivity index (χ2n) is 5.73. The minimum Gasteiger partial charge on any atom is -0.379 e. The molecule has 0 saturated carbocycles. The molecule has 1 fully saturated rings.